The molecule has 1 aliphatic heterocycles. The average molecular weight is 439 g/mol. The summed E-state index contributed by atoms with van der Waals surface area (Å²) in [6, 6.07) is 27.3. The summed E-state index contributed by atoms with van der Waals surface area (Å²) >= 11 is 0. The Labute approximate surface area is 194 Å². The molecule has 0 bridgehead atoms. The second-order valence-corrected chi connectivity index (χ2v) is 9.58. The van der Waals surface area contributed by atoms with Crippen molar-refractivity contribution in [2.45, 2.75) is 30.4 Å². The zero-order valence-electron chi connectivity index (χ0n) is 18.9. The number of nitrogens with one attached hydrogen (secondary N) is 1. The Kier molecular flexibility index (Phi) is 5.10. The molecule has 3 atom stereocenters. The fourth-order valence-electron chi connectivity index (χ4n) is 6.44. The molecule has 0 saturated carbocycles. The van der Waals surface area contributed by atoms with Crippen LogP contribution >= 0.6 is 0 Å². The van der Waals surface area contributed by atoms with Gasteiger partial charge >= 0.3 is 0 Å². The van der Waals surface area contributed by atoms with Crippen LogP contribution in [0.2, 0.25) is 0 Å². The number of rotatable bonds is 5. The number of likely N-dealkylation sites (tertiary alicyclic amines) is 1. The van der Waals surface area contributed by atoms with E-state index < -0.39 is 5.60 Å². The maximum Gasteiger partial charge on any atom is 0.119 e. The number of aliphatic hydroxyl groups is 1. The van der Waals surface area contributed by atoms with Gasteiger partial charge in [0.1, 0.15) is 5.60 Å². The highest BCUT2D eigenvalue weighted by Crippen LogP contribution is 2.50. The maximum absolute atomic E-state index is 12.5. The number of H-pyrrole nitrogens is 1. The Hall–Kier alpha value is -2.92. The van der Waals surface area contributed by atoms with E-state index in [4.69, 9.17) is 4.74 Å². The highest BCUT2D eigenvalue weighted by atomic mass is 16.5. The molecule has 3 aromatic carbocycles. The number of hydrogen-bond acceptors (Lipinski definition) is 3. The number of fused-ring (bicyclic) bond motifs is 2. The summed E-state index contributed by atoms with van der Waals surface area (Å²) in [5, 5.41) is 13.9. The average Bonchev–Trinajstić information content (AvgIpc) is 3.29. The summed E-state index contributed by atoms with van der Waals surface area (Å²) in [6.45, 7) is 1.35. The molecule has 0 spiro atoms. The molecule has 4 nitrogen and oxygen atoms in total. The van der Waals surface area contributed by atoms with Crippen LogP contribution in [-0.4, -0.2) is 41.4 Å². The van der Waals surface area contributed by atoms with Crippen molar-refractivity contribution in [2.24, 2.45) is 5.92 Å². The van der Waals surface area contributed by atoms with Crippen molar-refractivity contribution in [3.63, 3.8) is 0 Å². The second kappa shape index (κ2) is 8.14. The number of aromatic amines is 1. The maximum atomic E-state index is 12.5. The van der Waals surface area contributed by atoms with Crippen LogP contribution in [0.3, 0.4) is 0 Å². The van der Waals surface area contributed by atoms with E-state index in [1.165, 1.54) is 22.0 Å². The topological polar surface area (TPSA) is 48.5 Å². The molecule has 1 aliphatic carbocycles. The molecule has 0 radical (unpaired) electrons. The molecule has 1 saturated heterocycles. The van der Waals surface area contributed by atoms with Crippen LogP contribution in [0.15, 0.2) is 85.1 Å². The fourth-order valence-corrected chi connectivity index (χ4v) is 6.44. The largest absolute Gasteiger partial charge is 0.380 e. The zero-order chi connectivity index (χ0) is 22.4. The van der Waals surface area contributed by atoms with E-state index in [9.17, 15) is 5.11 Å². The number of nitrogens with zero attached hydrogens (tertiary/aromatic N) is 1. The van der Waals surface area contributed by atoms with Crippen LogP contribution < -0.4 is 0 Å². The highest BCUT2D eigenvalue weighted by molar-refractivity contribution is 5.88. The molecule has 1 unspecified atom stereocenters. The number of hydrogen-bond donors (Lipinski definition) is 2. The lowest BCUT2D eigenvalue weighted by Gasteiger charge is -2.51. The molecule has 0 amide bonds. The molecular formula is C29H30N2O2. The number of benzene rings is 3. The lowest BCUT2D eigenvalue weighted by molar-refractivity contribution is -0.0719. The molecule has 6 rings (SSSR count). The standard InChI is InChI=1S/C29H30N2O2/c1-33-19-31-18-23(29(32,21-9-4-2-5-10-21)22-11-6-3-7-12-22)16-25-24-13-8-14-26-28(24)20(17-30-26)15-27(25)31/h2-14,17,23,25,27,30,32H,15-16,18-19H2,1H3/t23-,25?,27-/m1/s1. The van der Waals surface area contributed by atoms with Gasteiger partial charge in [0.25, 0.3) is 0 Å². The van der Waals surface area contributed by atoms with E-state index in [1.807, 2.05) is 36.4 Å². The summed E-state index contributed by atoms with van der Waals surface area (Å²) in [5.74, 6) is 0.360. The van der Waals surface area contributed by atoms with E-state index in [0.717, 1.165) is 30.5 Å². The molecule has 2 heterocycles. The van der Waals surface area contributed by atoms with Crippen LogP contribution in [0.4, 0.5) is 0 Å². The first-order valence-corrected chi connectivity index (χ1v) is 11.9. The molecule has 1 fully saturated rings. The molecule has 4 aromatic rings. The van der Waals surface area contributed by atoms with Gasteiger partial charge in [-0.05, 0) is 41.2 Å². The number of aromatic nitrogens is 1. The first-order valence-electron chi connectivity index (χ1n) is 11.9. The summed E-state index contributed by atoms with van der Waals surface area (Å²) in [5.41, 5.74) is 4.83. The van der Waals surface area contributed by atoms with E-state index >= 15 is 0 Å². The molecule has 2 N–H and O–H groups in total. The molecule has 33 heavy (non-hydrogen) atoms. The van der Waals surface area contributed by atoms with Crippen LogP contribution in [0.1, 0.15) is 34.6 Å². The Balaban J connectivity index is 1.49. The van der Waals surface area contributed by atoms with Crippen molar-refractivity contribution in [3.8, 4) is 0 Å². The van der Waals surface area contributed by atoms with Crippen LogP contribution in [0, 0.1) is 5.92 Å². The van der Waals surface area contributed by atoms with Gasteiger partial charge in [-0.25, -0.2) is 0 Å². The summed E-state index contributed by atoms with van der Waals surface area (Å²) < 4.78 is 5.68. The van der Waals surface area contributed by atoms with Gasteiger partial charge in [0.2, 0.25) is 0 Å². The summed E-state index contributed by atoms with van der Waals surface area (Å²) in [4.78, 5) is 5.92. The van der Waals surface area contributed by atoms with Crippen LogP contribution in [-0.2, 0) is 16.8 Å². The smallest absolute Gasteiger partial charge is 0.119 e. The monoisotopic (exact) mass is 438 g/mol. The number of ether oxygens (including phenoxy) is 1. The van der Waals surface area contributed by atoms with E-state index in [-0.39, 0.29) is 5.92 Å². The van der Waals surface area contributed by atoms with Crippen LogP contribution in [0.25, 0.3) is 10.9 Å². The Morgan fingerprint density at radius 2 is 1.67 bits per heavy atom. The van der Waals surface area contributed by atoms with E-state index in [0.29, 0.717) is 18.7 Å². The summed E-state index contributed by atoms with van der Waals surface area (Å²) in [6.07, 6.45) is 4.10. The normalized spacial score (nSPS) is 22.9. The minimum atomic E-state index is -1.08. The first kappa shape index (κ1) is 20.7. The lowest BCUT2D eigenvalue weighted by atomic mass is 9.65. The first-order chi connectivity index (χ1) is 16.2. The Bertz CT molecular complexity index is 1210. The number of methoxy groups -OCH3 is 1. The van der Waals surface area contributed by atoms with Gasteiger partial charge in [-0.3, -0.25) is 4.90 Å². The van der Waals surface area contributed by atoms with E-state index in [2.05, 4.69) is 58.5 Å². The predicted octanol–water partition coefficient (Wildman–Crippen LogP) is 5.04. The number of piperidine rings is 1. The van der Waals surface area contributed by atoms with Gasteiger partial charge in [0.15, 0.2) is 0 Å². The van der Waals surface area contributed by atoms with Crippen LogP contribution in [0.5, 0.6) is 0 Å². The molecule has 4 heteroatoms. The van der Waals surface area contributed by atoms with Gasteiger partial charge in [0, 0.05) is 48.6 Å². The quantitative estimate of drug-likeness (QED) is 0.459. The lowest BCUT2D eigenvalue weighted by Crippen LogP contribution is -2.55. The molecular weight excluding hydrogens is 408 g/mol. The Morgan fingerprint density at radius 3 is 2.33 bits per heavy atom. The van der Waals surface area contributed by atoms with Crippen molar-refractivity contribution in [3.05, 3.63) is 107 Å². The fraction of sp³-hybridized carbons (Fsp3) is 0.310. The predicted molar refractivity (Wildman–Crippen MR) is 131 cm³/mol. The van der Waals surface area contributed by atoms with Gasteiger partial charge in [-0.2, -0.15) is 0 Å². The molecule has 2 aliphatic rings. The third kappa shape index (κ3) is 3.24. The van der Waals surface area contributed by atoms with Crippen molar-refractivity contribution >= 4 is 10.9 Å². The van der Waals surface area contributed by atoms with Gasteiger partial charge in [0.05, 0.1) is 6.73 Å². The minimum absolute atomic E-state index is 0.0226. The highest BCUT2D eigenvalue weighted by Gasteiger charge is 2.49. The van der Waals surface area contributed by atoms with Crippen molar-refractivity contribution in [1.82, 2.24) is 9.88 Å². The van der Waals surface area contributed by atoms with Gasteiger partial charge in [-0.15, -0.1) is 0 Å². The van der Waals surface area contributed by atoms with Gasteiger partial charge < -0.3 is 14.8 Å². The minimum Gasteiger partial charge on any atom is -0.380 e. The second-order valence-electron chi connectivity index (χ2n) is 9.58. The van der Waals surface area contributed by atoms with E-state index in [1.54, 1.807) is 7.11 Å². The summed E-state index contributed by atoms with van der Waals surface area (Å²) in [7, 11) is 1.77. The Morgan fingerprint density at radius 1 is 0.970 bits per heavy atom. The molecule has 1 aromatic heterocycles. The third-order valence-electron chi connectivity index (χ3n) is 7.89. The van der Waals surface area contributed by atoms with Crippen molar-refractivity contribution < 1.29 is 9.84 Å². The van der Waals surface area contributed by atoms with Crippen molar-refractivity contribution in [2.75, 3.05) is 20.4 Å². The SMILES string of the molecule is COCN1C[C@H](C(O)(c2ccccc2)c2ccccc2)CC2c3cccc4[nH]cc(c34)C[C@H]21. The van der Waals surface area contributed by atoms with Crippen molar-refractivity contribution in [1.29, 1.82) is 0 Å². The zero-order valence-corrected chi connectivity index (χ0v) is 18.9. The van der Waals surface area contributed by atoms with Gasteiger partial charge in [-0.1, -0.05) is 72.8 Å². The third-order valence-corrected chi connectivity index (χ3v) is 7.89. The molecule has 168 valence electrons.